The number of carbonyl (C=O) groups excluding carboxylic acids is 1. The van der Waals surface area contributed by atoms with Crippen LogP contribution in [0.2, 0.25) is 0 Å². The van der Waals surface area contributed by atoms with Gasteiger partial charge < -0.3 is 9.80 Å². The van der Waals surface area contributed by atoms with Gasteiger partial charge >= 0.3 is 0 Å². The van der Waals surface area contributed by atoms with Crippen LogP contribution >= 0.6 is 0 Å². The molecule has 150 valence electrons. The Morgan fingerprint density at radius 1 is 0.964 bits per heavy atom. The summed E-state index contributed by atoms with van der Waals surface area (Å²) in [5.41, 5.74) is 0.678. The van der Waals surface area contributed by atoms with Gasteiger partial charge in [0.15, 0.2) is 11.6 Å². The van der Waals surface area contributed by atoms with Crippen LogP contribution in [0.15, 0.2) is 47.4 Å². The number of benzene rings is 2. The van der Waals surface area contributed by atoms with Gasteiger partial charge in [-0.05, 0) is 62.5 Å². The Bertz CT molecular complexity index is 965. The third-order valence-electron chi connectivity index (χ3n) is 4.59. The third-order valence-corrected chi connectivity index (χ3v) is 5.97. The second-order valence-electron chi connectivity index (χ2n) is 6.71. The SMILES string of the molecule is CN1CCCN(C(=O)c2ccc(NS(=O)(=O)c3ccc(F)c(F)c3)cc2)CC1. The van der Waals surface area contributed by atoms with Crippen LogP contribution in [0.25, 0.3) is 0 Å². The highest BCUT2D eigenvalue weighted by Gasteiger charge is 2.20. The minimum atomic E-state index is -4.07. The predicted octanol–water partition coefficient (Wildman–Crippen LogP) is 2.54. The molecule has 1 fully saturated rings. The van der Waals surface area contributed by atoms with Crippen molar-refractivity contribution >= 4 is 21.6 Å². The third kappa shape index (κ3) is 4.66. The van der Waals surface area contributed by atoms with Gasteiger partial charge in [0.1, 0.15) is 0 Å². The summed E-state index contributed by atoms with van der Waals surface area (Å²) < 4.78 is 53.2. The monoisotopic (exact) mass is 409 g/mol. The van der Waals surface area contributed by atoms with Gasteiger partial charge in [0, 0.05) is 30.9 Å². The number of nitrogens with zero attached hydrogens (tertiary/aromatic N) is 2. The molecular weight excluding hydrogens is 388 g/mol. The average molecular weight is 409 g/mol. The second-order valence-corrected chi connectivity index (χ2v) is 8.39. The van der Waals surface area contributed by atoms with Crippen LogP contribution in [0.1, 0.15) is 16.8 Å². The maximum Gasteiger partial charge on any atom is 0.261 e. The zero-order valence-electron chi connectivity index (χ0n) is 15.4. The van der Waals surface area contributed by atoms with E-state index in [1.807, 2.05) is 7.05 Å². The molecule has 2 aromatic carbocycles. The Hall–Kier alpha value is -2.52. The van der Waals surface area contributed by atoms with Crippen molar-refractivity contribution in [2.75, 3.05) is 37.9 Å². The molecule has 0 aliphatic carbocycles. The van der Waals surface area contributed by atoms with Crippen LogP contribution < -0.4 is 4.72 Å². The van der Waals surface area contributed by atoms with Crippen LogP contribution in [0.3, 0.4) is 0 Å². The highest BCUT2D eigenvalue weighted by atomic mass is 32.2. The van der Waals surface area contributed by atoms with E-state index in [-0.39, 0.29) is 16.5 Å². The first-order valence-corrected chi connectivity index (χ1v) is 10.3. The zero-order valence-corrected chi connectivity index (χ0v) is 16.2. The van der Waals surface area contributed by atoms with E-state index in [9.17, 15) is 22.0 Å². The van der Waals surface area contributed by atoms with Gasteiger partial charge in [-0.2, -0.15) is 0 Å². The lowest BCUT2D eigenvalue weighted by molar-refractivity contribution is 0.0763. The number of amides is 1. The fourth-order valence-corrected chi connectivity index (χ4v) is 4.04. The van der Waals surface area contributed by atoms with Gasteiger partial charge in [0.25, 0.3) is 15.9 Å². The highest BCUT2D eigenvalue weighted by molar-refractivity contribution is 7.92. The molecule has 0 atom stereocenters. The number of hydrogen-bond donors (Lipinski definition) is 1. The number of nitrogens with one attached hydrogen (secondary N) is 1. The summed E-state index contributed by atoms with van der Waals surface area (Å²) in [4.78, 5) is 16.2. The highest BCUT2D eigenvalue weighted by Crippen LogP contribution is 2.19. The van der Waals surface area contributed by atoms with Crippen LogP contribution in [0.4, 0.5) is 14.5 Å². The van der Waals surface area contributed by atoms with Gasteiger partial charge in [-0.3, -0.25) is 9.52 Å². The van der Waals surface area contributed by atoms with Crippen molar-refractivity contribution in [3.63, 3.8) is 0 Å². The summed E-state index contributed by atoms with van der Waals surface area (Å²) in [6.07, 6.45) is 0.897. The molecule has 0 unspecified atom stereocenters. The summed E-state index contributed by atoms with van der Waals surface area (Å²) in [7, 11) is -2.06. The summed E-state index contributed by atoms with van der Waals surface area (Å²) in [5, 5.41) is 0. The van der Waals surface area contributed by atoms with Crippen molar-refractivity contribution in [1.82, 2.24) is 9.80 Å². The summed E-state index contributed by atoms with van der Waals surface area (Å²) in [6.45, 7) is 3.06. The molecule has 9 heteroatoms. The molecule has 1 heterocycles. The van der Waals surface area contributed by atoms with E-state index in [4.69, 9.17) is 0 Å². The molecule has 1 amide bonds. The molecule has 6 nitrogen and oxygen atoms in total. The van der Waals surface area contributed by atoms with E-state index in [0.717, 1.165) is 31.6 Å². The Kier molecular flexibility index (Phi) is 5.95. The van der Waals surface area contributed by atoms with Gasteiger partial charge in [0.05, 0.1) is 4.90 Å². The molecule has 28 heavy (non-hydrogen) atoms. The molecule has 3 rings (SSSR count). The average Bonchev–Trinajstić information content (AvgIpc) is 2.88. The number of carbonyl (C=O) groups is 1. The van der Waals surface area contributed by atoms with E-state index in [1.165, 1.54) is 12.1 Å². The number of hydrogen-bond acceptors (Lipinski definition) is 4. The minimum absolute atomic E-state index is 0.106. The Morgan fingerprint density at radius 3 is 2.36 bits per heavy atom. The van der Waals surface area contributed by atoms with E-state index in [0.29, 0.717) is 24.7 Å². The van der Waals surface area contributed by atoms with Crippen molar-refractivity contribution in [3.05, 3.63) is 59.7 Å². The van der Waals surface area contributed by atoms with Crippen molar-refractivity contribution in [2.24, 2.45) is 0 Å². The second kappa shape index (κ2) is 8.24. The number of anilines is 1. The fraction of sp³-hybridized carbons (Fsp3) is 0.316. The molecule has 1 N–H and O–H groups in total. The molecule has 0 aromatic heterocycles. The quantitative estimate of drug-likeness (QED) is 0.843. The molecule has 0 radical (unpaired) electrons. The fourth-order valence-electron chi connectivity index (χ4n) is 2.97. The van der Waals surface area contributed by atoms with Gasteiger partial charge in [0.2, 0.25) is 0 Å². The van der Waals surface area contributed by atoms with Gasteiger partial charge in [-0.15, -0.1) is 0 Å². The molecule has 0 bridgehead atoms. The Labute approximate surface area is 162 Å². The van der Waals surface area contributed by atoms with Crippen molar-refractivity contribution in [1.29, 1.82) is 0 Å². The molecule has 2 aromatic rings. The number of likely N-dealkylation sites (N-methyl/N-ethyl adjacent to an activating group) is 1. The van der Waals surface area contributed by atoms with Crippen molar-refractivity contribution in [3.8, 4) is 0 Å². The molecule has 1 aliphatic rings. The lowest BCUT2D eigenvalue weighted by atomic mass is 10.2. The number of rotatable bonds is 4. The van der Waals surface area contributed by atoms with Crippen molar-refractivity contribution in [2.45, 2.75) is 11.3 Å². The number of sulfonamides is 1. The minimum Gasteiger partial charge on any atom is -0.337 e. The molecule has 0 spiro atoms. The lowest BCUT2D eigenvalue weighted by Crippen LogP contribution is -2.34. The van der Waals surface area contributed by atoms with E-state index < -0.39 is 21.7 Å². The molecule has 1 aliphatic heterocycles. The number of halogens is 2. The lowest BCUT2D eigenvalue weighted by Gasteiger charge is -2.20. The smallest absolute Gasteiger partial charge is 0.261 e. The van der Waals surface area contributed by atoms with Gasteiger partial charge in [-0.1, -0.05) is 0 Å². The van der Waals surface area contributed by atoms with Crippen LogP contribution in [0.5, 0.6) is 0 Å². The summed E-state index contributed by atoms with van der Waals surface area (Å²) in [6, 6.07) is 8.37. The summed E-state index contributed by atoms with van der Waals surface area (Å²) >= 11 is 0. The maximum absolute atomic E-state index is 13.3. The van der Waals surface area contributed by atoms with Crippen LogP contribution in [0, 0.1) is 11.6 Å². The van der Waals surface area contributed by atoms with E-state index in [2.05, 4.69) is 9.62 Å². The first kappa shape index (κ1) is 20.2. The van der Waals surface area contributed by atoms with Crippen LogP contribution in [-0.4, -0.2) is 57.4 Å². The Morgan fingerprint density at radius 2 is 1.68 bits per heavy atom. The predicted molar refractivity (Wildman–Crippen MR) is 102 cm³/mol. The standard InChI is InChI=1S/C19H21F2N3O3S/c1-23-9-2-10-24(12-11-23)19(25)14-3-5-15(6-4-14)22-28(26,27)16-7-8-17(20)18(21)13-16/h3-8,13,22H,2,9-12H2,1H3. The van der Waals surface area contributed by atoms with Crippen molar-refractivity contribution < 1.29 is 22.0 Å². The van der Waals surface area contributed by atoms with E-state index >= 15 is 0 Å². The van der Waals surface area contributed by atoms with E-state index in [1.54, 1.807) is 17.0 Å². The zero-order chi connectivity index (χ0) is 20.3. The molecule has 1 saturated heterocycles. The largest absolute Gasteiger partial charge is 0.337 e. The topological polar surface area (TPSA) is 69.7 Å². The first-order chi connectivity index (χ1) is 13.3. The summed E-state index contributed by atoms with van der Waals surface area (Å²) in [5.74, 6) is -2.47. The normalized spacial score (nSPS) is 15.9. The molecular formula is C19H21F2N3O3S. The first-order valence-electron chi connectivity index (χ1n) is 8.82. The maximum atomic E-state index is 13.3. The molecule has 0 saturated carbocycles. The van der Waals surface area contributed by atoms with Gasteiger partial charge in [-0.25, -0.2) is 17.2 Å². The Balaban J connectivity index is 1.71. The van der Waals surface area contributed by atoms with Crippen LogP contribution in [-0.2, 0) is 10.0 Å².